The lowest BCUT2D eigenvalue weighted by Gasteiger charge is -2.06. The van der Waals surface area contributed by atoms with Gasteiger partial charge < -0.3 is 9.97 Å². The Hall–Kier alpha value is -3.08. The molecule has 0 saturated heterocycles. The number of imidazole rings is 1. The molecular formula is C18H16N4O. The molecule has 0 aliphatic heterocycles. The molecule has 0 amide bonds. The van der Waals surface area contributed by atoms with Crippen molar-refractivity contribution in [1.82, 2.24) is 19.5 Å². The third kappa shape index (κ3) is 2.26. The van der Waals surface area contributed by atoms with Gasteiger partial charge in [-0.05, 0) is 35.7 Å². The number of rotatable bonds is 3. The van der Waals surface area contributed by atoms with E-state index in [2.05, 4.69) is 27.9 Å². The molecule has 3 aromatic heterocycles. The van der Waals surface area contributed by atoms with Crippen LogP contribution in [0.5, 0.6) is 0 Å². The number of hydrogen-bond donors (Lipinski definition) is 2. The van der Waals surface area contributed by atoms with E-state index in [1.807, 2.05) is 36.7 Å². The number of fused-ring (bicyclic) bond motifs is 1. The minimum Gasteiger partial charge on any atom is -0.346 e. The largest absolute Gasteiger partial charge is 0.346 e. The highest BCUT2D eigenvalue weighted by molar-refractivity contribution is 5.84. The van der Waals surface area contributed by atoms with Crippen LogP contribution in [0.3, 0.4) is 0 Å². The van der Waals surface area contributed by atoms with Crippen molar-refractivity contribution in [2.75, 3.05) is 0 Å². The third-order valence-electron chi connectivity index (χ3n) is 4.10. The average molecular weight is 304 g/mol. The second kappa shape index (κ2) is 5.28. The lowest BCUT2D eigenvalue weighted by molar-refractivity contribution is 0.988. The summed E-state index contributed by atoms with van der Waals surface area (Å²) in [5.74, 6) is 0. The Balaban J connectivity index is 1.84. The maximum atomic E-state index is 11.8. The van der Waals surface area contributed by atoms with E-state index in [0.717, 1.165) is 34.3 Å². The molecule has 0 fully saturated rings. The van der Waals surface area contributed by atoms with Gasteiger partial charge in [-0.3, -0.25) is 4.57 Å². The second-order valence-electron chi connectivity index (χ2n) is 5.47. The number of H-pyrrole nitrogens is 2. The first-order valence-electron chi connectivity index (χ1n) is 7.59. The van der Waals surface area contributed by atoms with E-state index >= 15 is 0 Å². The Morgan fingerprint density at radius 2 is 2.09 bits per heavy atom. The third-order valence-corrected chi connectivity index (χ3v) is 4.10. The summed E-state index contributed by atoms with van der Waals surface area (Å²) in [5, 5.41) is 1.15. The Bertz CT molecular complexity index is 1040. The Morgan fingerprint density at radius 1 is 1.17 bits per heavy atom. The predicted molar refractivity (Wildman–Crippen MR) is 90.9 cm³/mol. The van der Waals surface area contributed by atoms with Crippen LogP contribution in [0.4, 0.5) is 0 Å². The molecule has 0 radical (unpaired) electrons. The molecule has 0 atom stereocenters. The van der Waals surface area contributed by atoms with E-state index in [1.165, 1.54) is 5.56 Å². The van der Waals surface area contributed by atoms with Crippen molar-refractivity contribution in [2.24, 2.45) is 0 Å². The summed E-state index contributed by atoms with van der Waals surface area (Å²) in [6.07, 6.45) is 8.19. The molecule has 0 spiro atoms. The first-order valence-corrected chi connectivity index (χ1v) is 7.59. The molecule has 0 bridgehead atoms. The molecule has 5 heteroatoms. The predicted octanol–water partition coefficient (Wildman–Crippen LogP) is 3.27. The van der Waals surface area contributed by atoms with Crippen LogP contribution in [-0.4, -0.2) is 19.5 Å². The zero-order valence-corrected chi connectivity index (χ0v) is 12.7. The highest BCUT2D eigenvalue weighted by Gasteiger charge is 2.07. The summed E-state index contributed by atoms with van der Waals surface area (Å²) in [4.78, 5) is 22.1. The van der Waals surface area contributed by atoms with Crippen molar-refractivity contribution >= 4 is 11.0 Å². The van der Waals surface area contributed by atoms with Gasteiger partial charge in [0.25, 0.3) is 0 Å². The molecule has 0 unspecified atom stereocenters. The van der Waals surface area contributed by atoms with Gasteiger partial charge in [-0.25, -0.2) is 9.78 Å². The van der Waals surface area contributed by atoms with Crippen LogP contribution in [0, 0.1) is 0 Å². The molecule has 114 valence electrons. The van der Waals surface area contributed by atoms with Gasteiger partial charge in [-0.1, -0.05) is 19.1 Å². The Kier molecular flexibility index (Phi) is 3.12. The SMILES string of the molecule is CCc1c[nH]c2ncc(-c3cccc(-n4cc[nH]c4=O)c3)cc12. The quantitative estimate of drug-likeness (QED) is 0.610. The molecule has 5 nitrogen and oxygen atoms in total. The number of pyridine rings is 1. The first kappa shape index (κ1) is 13.6. The van der Waals surface area contributed by atoms with Gasteiger partial charge in [0, 0.05) is 35.7 Å². The minimum absolute atomic E-state index is 0.144. The zero-order valence-electron chi connectivity index (χ0n) is 12.7. The number of nitrogens with zero attached hydrogens (tertiary/aromatic N) is 2. The van der Waals surface area contributed by atoms with Gasteiger partial charge in [-0.2, -0.15) is 0 Å². The van der Waals surface area contributed by atoms with E-state index < -0.39 is 0 Å². The van der Waals surface area contributed by atoms with Crippen molar-refractivity contribution in [2.45, 2.75) is 13.3 Å². The van der Waals surface area contributed by atoms with Crippen LogP contribution in [0.2, 0.25) is 0 Å². The highest BCUT2D eigenvalue weighted by atomic mass is 16.1. The van der Waals surface area contributed by atoms with Crippen LogP contribution in [0.25, 0.3) is 27.8 Å². The maximum absolute atomic E-state index is 11.8. The van der Waals surface area contributed by atoms with Gasteiger partial charge in [0.15, 0.2) is 0 Å². The van der Waals surface area contributed by atoms with Crippen LogP contribution >= 0.6 is 0 Å². The second-order valence-corrected chi connectivity index (χ2v) is 5.47. The standard InChI is InChI=1S/C18H16N4O/c1-2-12-10-20-17-16(12)9-14(11-21-17)13-4-3-5-15(8-13)22-7-6-19-18(22)23/h3-11H,2H2,1H3,(H,19,23)(H,20,21). The van der Waals surface area contributed by atoms with E-state index in [4.69, 9.17) is 0 Å². The van der Waals surface area contributed by atoms with Crippen LogP contribution in [-0.2, 0) is 6.42 Å². The van der Waals surface area contributed by atoms with Crippen LogP contribution in [0.1, 0.15) is 12.5 Å². The summed E-state index contributed by atoms with van der Waals surface area (Å²) >= 11 is 0. The Labute approximate surface area is 132 Å². The van der Waals surface area contributed by atoms with Gasteiger partial charge in [0.05, 0.1) is 5.69 Å². The molecular weight excluding hydrogens is 288 g/mol. The van der Waals surface area contributed by atoms with E-state index in [1.54, 1.807) is 17.0 Å². The van der Waals surface area contributed by atoms with Crippen LogP contribution < -0.4 is 5.69 Å². The molecule has 3 heterocycles. The number of aryl methyl sites for hydroxylation is 1. The number of benzene rings is 1. The van der Waals surface area contributed by atoms with Crippen molar-refractivity contribution in [3.8, 4) is 16.8 Å². The monoisotopic (exact) mass is 304 g/mol. The van der Waals surface area contributed by atoms with Crippen molar-refractivity contribution in [1.29, 1.82) is 0 Å². The molecule has 4 rings (SSSR count). The molecule has 2 N–H and O–H groups in total. The normalized spacial score (nSPS) is 11.2. The number of aromatic amines is 2. The minimum atomic E-state index is -0.144. The maximum Gasteiger partial charge on any atom is 0.330 e. The number of aromatic nitrogens is 4. The lowest BCUT2D eigenvalue weighted by Crippen LogP contribution is -2.13. The molecule has 1 aromatic carbocycles. The van der Waals surface area contributed by atoms with Gasteiger partial charge >= 0.3 is 5.69 Å². The van der Waals surface area contributed by atoms with Gasteiger partial charge in [-0.15, -0.1) is 0 Å². The zero-order chi connectivity index (χ0) is 15.8. The van der Waals surface area contributed by atoms with Crippen molar-refractivity contribution < 1.29 is 0 Å². The van der Waals surface area contributed by atoms with Gasteiger partial charge in [0.2, 0.25) is 0 Å². The van der Waals surface area contributed by atoms with Gasteiger partial charge in [0.1, 0.15) is 5.65 Å². The molecule has 4 aromatic rings. The fourth-order valence-electron chi connectivity index (χ4n) is 2.87. The number of nitrogens with one attached hydrogen (secondary N) is 2. The van der Waals surface area contributed by atoms with E-state index in [-0.39, 0.29) is 5.69 Å². The lowest BCUT2D eigenvalue weighted by atomic mass is 10.0. The van der Waals surface area contributed by atoms with Crippen LogP contribution in [0.15, 0.2) is 59.9 Å². The fourth-order valence-corrected chi connectivity index (χ4v) is 2.87. The summed E-state index contributed by atoms with van der Waals surface area (Å²) in [5.41, 5.74) is 4.93. The highest BCUT2D eigenvalue weighted by Crippen LogP contribution is 2.26. The van der Waals surface area contributed by atoms with Crippen molar-refractivity contribution in [3.63, 3.8) is 0 Å². The van der Waals surface area contributed by atoms with Crippen molar-refractivity contribution in [3.05, 3.63) is 71.2 Å². The average Bonchev–Trinajstić information content (AvgIpc) is 3.20. The summed E-state index contributed by atoms with van der Waals surface area (Å²) in [6, 6.07) is 10.0. The smallest absolute Gasteiger partial charge is 0.330 e. The number of hydrogen-bond acceptors (Lipinski definition) is 2. The molecule has 0 aliphatic carbocycles. The fraction of sp³-hybridized carbons (Fsp3) is 0.111. The summed E-state index contributed by atoms with van der Waals surface area (Å²) in [7, 11) is 0. The molecule has 0 saturated carbocycles. The topological polar surface area (TPSA) is 66.5 Å². The molecule has 0 aliphatic rings. The first-order chi connectivity index (χ1) is 11.3. The Morgan fingerprint density at radius 3 is 2.87 bits per heavy atom. The van der Waals surface area contributed by atoms with E-state index in [9.17, 15) is 4.79 Å². The summed E-state index contributed by atoms with van der Waals surface area (Å²) in [6.45, 7) is 2.13. The van der Waals surface area contributed by atoms with E-state index in [0.29, 0.717) is 0 Å². The molecule has 23 heavy (non-hydrogen) atoms. The summed E-state index contributed by atoms with van der Waals surface area (Å²) < 4.78 is 1.59.